The molecule has 8 nitrogen and oxygen atoms in total. The Bertz CT molecular complexity index is 1300. The van der Waals surface area contributed by atoms with E-state index in [0.29, 0.717) is 28.4 Å². The summed E-state index contributed by atoms with van der Waals surface area (Å²) in [5, 5.41) is 21.6. The molecular formula is C25H19NO7. The van der Waals surface area contributed by atoms with E-state index in [2.05, 4.69) is 0 Å². The lowest BCUT2D eigenvalue weighted by Gasteiger charge is -2.26. The average molecular weight is 445 g/mol. The second-order valence-electron chi connectivity index (χ2n) is 7.50. The van der Waals surface area contributed by atoms with Crippen LogP contribution in [0, 0.1) is 0 Å². The number of benzene rings is 3. The number of amides is 1. The monoisotopic (exact) mass is 445 g/mol. The molecule has 1 amide bonds. The van der Waals surface area contributed by atoms with Gasteiger partial charge in [0.25, 0.3) is 11.7 Å². The van der Waals surface area contributed by atoms with E-state index in [0.717, 1.165) is 0 Å². The Balaban J connectivity index is 1.71. The number of carbonyl (C=O) groups is 2. The normalized spacial score (nSPS) is 18.6. The number of aliphatic hydroxyl groups is 1. The van der Waals surface area contributed by atoms with Gasteiger partial charge in [0.2, 0.25) is 6.79 Å². The lowest BCUT2D eigenvalue weighted by molar-refractivity contribution is -0.132. The highest BCUT2D eigenvalue weighted by atomic mass is 16.7. The summed E-state index contributed by atoms with van der Waals surface area (Å²) >= 11 is 0. The standard InChI is InChI=1S/C25H19NO7/c1-31-16-9-6-14(7-10-16)22-21(23(28)15-8-11-19-20(12-15)33-13-32-19)24(29)25(30)26(22)17-4-2-3-5-18(17)27/h2-12,22,27-28H,13H2,1H3/b23-21-. The van der Waals surface area contributed by atoms with Crippen LogP contribution in [0.1, 0.15) is 17.2 Å². The zero-order valence-corrected chi connectivity index (χ0v) is 17.5. The number of carbonyl (C=O) groups excluding carboxylic acids is 2. The third-order valence-corrected chi connectivity index (χ3v) is 5.66. The summed E-state index contributed by atoms with van der Waals surface area (Å²) in [4.78, 5) is 27.5. The van der Waals surface area contributed by atoms with Crippen molar-refractivity contribution in [2.45, 2.75) is 6.04 Å². The molecule has 0 aromatic heterocycles. The van der Waals surface area contributed by atoms with Gasteiger partial charge in [0.15, 0.2) is 11.5 Å². The molecule has 0 radical (unpaired) electrons. The summed E-state index contributed by atoms with van der Waals surface area (Å²) in [7, 11) is 1.53. The maximum Gasteiger partial charge on any atom is 0.300 e. The summed E-state index contributed by atoms with van der Waals surface area (Å²) < 4.78 is 15.9. The van der Waals surface area contributed by atoms with E-state index in [9.17, 15) is 19.8 Å². The highest BCUT2D eigenvalue weighted by molar-refractivity contribution is 6.51. The fraction of sp³-hybridized carbons (Fsp3) is 0.120. The molecule has 2 N–H and O–H groups in total. The minimum absolute atomic E-state index is 0.0586. The smallest absolute Gasteiger partial charge is 0.300 e. The van der Waals surface area contributed by atoms with E-state index in [-0.39, 0.29) is 29.6 Å². The molecule has 0 saturated carbocycles. The van der Waals surface area contributed by atoms with Gasteiger partial charge >= 0.3 is 0 Å². The molecule has 1 saturated heterocycles. The van der Waals surface area contributed by atoms with Crippen molar-refractivity contribution < 1.29 is 34.0 Å². The van der Waals surface area contributed by atoms with Gasteiger partial charge in [0.1, 0.15) is 17.3 Å². The number of hydrogen-bond acceptors (Lipinski definition) is 7. The minimum Gasteiger partial charge on any atom is -0.507 e. The van der Waals surface area contributed by atoms with Gasteiger partial charge in [-0.3, -0.25) is 14.5 Å². The van der Waals surface area contributed by atoms with Crippen molar-refractivity contribution in [3.8, 4) is 23.0 Å². The Kier molecular flexibility index (Phi) is 4.90. The first kappa shape index (κ1) is 20.4. The molecule has 8 heteroatoms. The van der Waals surface area contributed by atoms with Gasteiger partial charge in [-0.25, -0.2) is 0 Å². The van der Waals surface area contributed by atoms with Crippen LogP contribution in [-0.4, -0.2) is 35.8 Å². The lowest BCUT2D eigenvalue weighted by Crippen LogP contribution is -2.29. The van der Waals surface area contributed by atoms with Gasteiger partial charge in [0, 0.05) is 5.56 Å². The van der Waals surface area contributed by atoms with Gasteiger partial charge < -0.3 is 24.4 Å². The summed E-state index contributed by atoms with van der Waals surface area (Å²) in [6.07, 6.45) is 0. The molecule has 1 unspecified atom stereocenters. The second kappa shape index (κ2) is 7.90. The SMILES string of the molecule is COc1ccc(C2/C(=C(/O)c3ccc4c(c3)OCO4)C(=O)C(=O)N2c2ccccc2O)cc1. The number of rotatable bonds is 4. The maximum absolute atomic E-state index is 13.2. The van der Waals surface area contributed by atoms with Crippen molar-refractivity contribution in [1.82, 2.24) is 0 Å². The number of ether oxygens (including phenoxy) is 3. The van der Waals surface area contributed by atoms with Crippen molar-refractivity contribution in [3.05, 3.63) is 83.4 Å². The van der Waals surface area contributed by atoms with E-state index in [1.165, 1.54) is 24.1 Å². The molecule has 2 aliphatic heterocycles. The highest BCUT2D eigenvalue weighted by Crippen LogP contribution is 2.45. The van der Waals surface area contributed by atoms with Crippen molar-refractivity contribution >= 4 is 23.1 Å². The first-order valence-corrected chi connectivity index (χ1v) is 10.1. The predicted octanol–water partition coefficient (Wildman–Crippen LogP) is 3.76. The number of aromatic hydroxyl groups is 1. The predicted molar refractivity (Wildman–Crippen MR) is 118 cm³/mol. The number of para-hydroxylation sites is 2. The van der Waals surface area contributed by atoms with Crippen molar-refractivity contribution in [2.24, 2.45) is 0 Å². The van der Waals surface area contributed by atoms with Gasteiger partial charge in [-0.05, 0) is 48.0 Å². The molecular weight excluding hydrogens is 426 g/mol. The number of hydrogen-bond donors (Lipinski definition) is 2. The quantitative estimate of drug-likeness (QED) is 0.358. The van der Waals surface area contributed by atoms with Gasteiger partial charge in [-0.2, -0.15) is 0 Å². The Hall–Kier alpha value is -4.46. The summed E-state index contributed by atoms with van der Waals surface area (Å²) in [5.74, 6) is -0.711. The molecule has 0 spiro atoms. The van der Waals surface area contributed by atoms with Crippen LogP contribution >= 0.6 is 0 Å². The van der Waals surface area contributed by atoms with Crippen LogP contribution in [-0.2, 0) is 9.59 Å². The maximum atomic E-state index is 13.2. The molecule has 5 rings (SSSR count). The molecule has 2 aliphatic rings. The third-order valence-electron chi connectivity index (χ3n) is 5.66. The van der Waals surface area contributed by atoms with E-state index in [1.807, 2.05) is 0 Å². The average Bonchev–Trinajstić information content (AvgIpc) is 3.41. The van der Waals surface area contributed by atoms with E-state index in [4.69, 9.17) is 14.2 Å². The van der Waals surface area contributed by atoms with Crippen LogP contribution < -0.4 is 19.1 Å². The van der Waals surface area contributed by atoms with E-state index in [1.54, 1.807) is 54.6 Å². The van der Waals surface area contributed by atoms with Crippen molar-refractivity contribution in [1.29, 1.82) is 0 Å². The zero-order valence-electron chi connectivity index (χ0n) is 17.5. The molecule has 3 aromatic rings. The summed E-state index contributed by atoms with van der Waals surface area (Å²) in [6, 6.07) is 16.8. The number of ketones is 1. The van der Waals surface area contributed by atoms with Gasteiger partial charge in [0.05, 0.1) is 24.4 Å². The van der Waals surface area contributed by atoms with Crippen LogP contribution in [0.15, 0.2) is 72.3 Å². The van der Waals surface area contributed by atoms with Crippen LogP contribution in [0.5, 0.6) is 23.0 Å². The molecule has 0 aliphatic carbocycles. The fourth-order valence-electron chi connectivity index (χ4n) is 4.05. The summed E-state index contributed by atoms with van der Waals surface area (Å²) in [6.45, 7) is 0.0586. The first-order valence-electron chi connectivity index (χ1n) is 10.1. The number of anilines is 1. The first-order chi connectivity index (χ1) is 16.0. The van der Waals surface area contributed by atoms with Crippen molar-refractivity contribution in [2.75, 3.05) is 18.8 Å². The highest BCUT2D eigenvalue weighted by Gasteiger charge is 2.47. The number of nitrogens with zero attached hydrogens (tertiary/aromatic N) is 1. The number of methoxy groups -OCH3 is 1. The van der Waals surface area contributed by atoms with Gasteiger partial charge in [-0.15, -0.1) is 0 Å². The van der Waals surface area contributed by atoms with E-state index >= 15 is 0 Å². The lowest BCUT2D eigenvalue weighted by atomic mass is 9.95. The van der Waals surface area contributed by atoms with E-state index < -0.39 is 17.7 Å². The number of fused-ring (bicyclic) bond motifs is 1. The van der Waals surface area contributed by atoms with Gasteiger partial charge in [-0.1, -0.05) is 24.3 Å². The van der Waals surface area contributed by atoms with Crippen molar-refractivity contribution in [3.63, 3.8) is 0 Å². The molecule has 2 heterocycles. The molecule has 1 fully saturated rings. The Labute approximate surface area is 188 Å². The molecule has 33 heavy (non-hydrogen) atoms. The topological polar surface area (TPSA) is 106 Å². The molecule has 1 atom stereocenters. The molecule has 0 bridgehead atoms. The number of Topliss-reactive ketones (excluding diaryl/α,β-unsaturated/α-hetero) is 1. The zero-order chi connectivity index (χ0) is 23.1. The second-order valence-corrected chi connectivity index (χ2v) is 7.50. The fourth-order valence-corrected chi connectivity index (χ4v) is 4.05. The Morgan fingerprint density at radius 2 is 1.73 bits per heavy atom. The third kappa shape index (κ3) is 3.32. The number of aliphatic hydroxyl groups excluding tert-OH is 1. The van der Waals surface area contributed by atoms with Crippen LogP contribution in [0.3, 0.4) is 0 Å². The largest absolute Gasteiger partial charge is 0.507 e. The van der Waals surface area contributed by atoms with Crippen LogP contribution in [0.4, 0.5) is 5.69 Å². The summed E-state index contributed by atoms with van der Waals surface area (Å²) in [5.41, 5.74) is 0.908. The Morgan fingerprint density at radius 1 is 1.00 bits per heavy atom. The number of phenols is 1. The minimum atomic E-state index is -0.977. The van der Waals surface area contributed by atoms with Crippen LogP contribution in [0.25, 0.3) is 5.76 Å². The van der Waals surface area contributed by atoms with Crippen LogP contribution in [0.2, 0.25) is 0 Å². The molecule has 166 valence electrons. The molecule has 3 aromatic carbocycles. The Morgan fingerprint density at radius 3 is 2.45 bits per heavy atom. The number of phenolic OH excluding ortho intramolecular Hbond substituents is 1.